The summed E-state index contributed by atoms with van der Waals surface area (Å²) in [6.45, 7) is 0. The lowest BCUT2D eigenvalue weighted by molar-refractivity contribution is -0.389. The normalized spacial score (nSPS) is 15.7. The molecule has 0 spiro atoms. The van der Waals surface area contributed by atoms with E-state index in [0.717, 1.165) is 12.8 Å². The van der Waals surface area contributed by atoms with Crippen LogP contribution in [0.4, 0.5) is 5.69 Å². The Labute approximate surface area is 118 Å². The number of ether oxygens (including phenoxy) is 1. The van der Waals surface area contributed by atoms with Crippen LogP contribution in [-0.2, 0) is 4.79 Å². The number of thioether (sulfide) groups is 1. The van der Waals surface area contributed by atoms with E-state index in [1.165, 1.54) is 25.2 Å². The number of nitro groups is 1. The zero-order valence-electron chi connectivity index (χ0n) is 10.7. The van der Waals surface area contributed by atoms with Crippen molar-refractivity contribution in [3.63, 3.8) is 0 Å². The van der Waals surface area contributed by atoms with E-state index in [2.05, 4.69) is 9.97 Å². The summed E-state index contributed by atoms with van der Waals surface area (Å²) in [5.41, 5.74) is -0.533. The summed E-state index contributed by atoms with van der Waals surface area (Å²) in [4.78, 5) is 28.9. The third-order valence-electron chi connectivity index (χ3n) is 3.13. The summed E-state index contributed by atoms with van der Waals surface area (Å²) >= 11 is 1.18. The van der Waals surface area contributed by atoms with Crippen LogP contribution in [0.5, 0.6) is 5.88 Å². The van der Waals surface area contributed by atoms with Crippen LogP contribution in [0, 0.1) is 15.5 Å². The third kappa shape index (κ3) is 3.16. The molecule has 0 amide bonds. The molecule has 0 saturated heterocycles. The highest BCUT2D eigenvalue weighted by molar-refractivity contribution is 7.99. The Morgan fingerprint density at radius 2 is 2.30 bits per heavy atom. The predicted octanol–water partition coefficient (Wildman–Crippen LogP) is 1.74. The third-order valence-corrected chi connectivity index (χ3v) is 4.46. The monoisotopic (exact) mass is 299 g/mol. The molecule has 1 aliphatic rings. The Morgan fingerprint density at radius 3 is 2.80 bits per heavy atom. The predicted molar refractivity (Wildman–Crippen MR) is 69.9 cm³/mol. The first kappa shape index (κ1) is 14.5. The number of rotatable bonds is 7. The fourth-order valence-corrected chi connectivity index (χ4v) is 3.10. The van der Waals surface area contributed by atoms with E-state index in [9.17, 15) is 14.9 Å². The summed E-state index contributed by atoms with van der Waals surface area (Å²) in [6, 6.07) is 0. The Kier molecular flexibility index (Phi) is 4.07. The topological polar surface area (TPSA) is 115 Å². The van der Waals surface area contributed by atoms with Crippen molar-refractivity contribution in [1.29, 1.82) is 0 Å². The summed E-state index contributed by atoms with van der Waals surface area (Å²) in [7, 11) is 1.30. The van der Waals surface area contributed by atoms with Crippen LogP contribution in [-0.4, -0.2) is 38.8 Å². The second-order valence-electron chi connectivity index (χ2n) is 4.65. The number of aromatic nitrogens is 2. The molecule has 0 bridgehead atoms. The molecular weight excluding hydrogens is 286 g/mol. The van der Waals surface area contributed by atoms with Gasteiger partial charge in [0.05, 0.1) is 18.5 Å². The highest BCUT2D eigenvalue weighted by Crippen LogP contribution is 2.52. The maximum atomic E-state index is 11.1. The number of carbonyl (C=O) groups is 1. The molecule has 1 N–H and O–H groups in total. The molecule has 1 aromatic heterocycles. The first-order valence-electron chi connectivity index (χ1n) is 5.85. The zero-order chi connectivity index (χ0) is 14.8. The molecule has 0 aromatic carbocycles. The molecule has 0 radical (unpaired) electrons. The first-order chi connectivity index (χ1) is 9.47. The van der Waals surface area contributed by atoms with E-state index < -0.39 is 10.9 Å². The fraction of sp³-hybridized carbons (Fsp3) is 0.545. The SMILES string of the molecule is COc1ncnc(SCC2(CC(=O)O)CC2)c1[N+](=O)[O-]. The smallest absolute Gasteiger partial charge is 0.362 e. The van der Waals surface area contributed by atoms with Gasteiger partial charge in [-0.3, -0.25) is 14.9 Å². The van der Waals surface area contributed by atoms with E-state index in [1.807, 2.05) is 0 Å². The van der Waals surface area contributed by atoms with E-state index in [4.69, 9.17) is 9.84 Å². The average molecular weight is 299 g/mol. The van der Waals surface area contributed by atoms with Gasteiger partial charge in [-0.15, -0.1) is 0 Å². The molecule has 8 nitrogen and oxygen atoms in total. The van der Waals surface area contributed by atoms with Crippen LogP contribution < -0.4 is 4.74 Å². The van der Waals surface area contributed by atoms with Crippen molar-refractivity contribution in [2.45, 2.75) is 24.3 Å². The molecular formula is C11H13N3O5S. The average Bonchev–Trinajstić information content (AvgIpc) is 3.14. The second-order valence-corrected chi connectivity index (χ2v) is 5.62. The number of carboxylic acid groups (broad SMARTS) is 1. The first-order valence-corrected chi connectivity index (χ1v) is 6.84. The van der Waals surface area contributed by atoms with Gasteiger partial charge in [-0.05, 0) is 18.3 Å². The molecule has 0 aliphatic heterocycles. The molecule has 108 valence electrons. The number of methoxy groups -OCH3 is 1. The van der Waals surface area contributed by atoms with E-state index in [1.54, 1.807) is 0 Å². The molecule has 1 heterocycles. The van der Waals surface area contributed by atoms with Crippen molar-refractivity contribution >= 4 is 23.4 Å². The van der Waals surface area contributed by atoms with Crippen molar-refractivity contribution in [2.75, 3.05) is 12.9 Å². The van der Waals surface area contributed by atoms with Gasteiger partial charge >= 0.3 is 11.7 Å². The summed E-state index contributed by atoms with van der Waals surface area (Å²) in [5, 5.41) is 20.1. The summed E-state index contributed by atoms with van der Waals surface area (Å²) in [5.74, 6) is -0.450. The van der Waals surface area contributed by atoms with E-state index in [-0.39, 0.29) is 28.4 Å². The van der Waals surface area contributed by atoms with Crippen LogP contribution in [0.3, 0.4) is 0 Å². The Morgan fingerprint density at radius 1 is 1.60 bits per heavy atom. The molecule has 1 aromatic rings. The summed E-state index contributed by atoms with van der Waals surface area (Å²) < 4.78 is 4.86. The van der Waals surface area contributed by atoms with Crippen molar-refractivity contribution < 1.29 is 19.6 Å². The van der Waals surface area contributed by atoms with Gasteiger partial charge in [0.25, 0.3) is 5.88 Å². The molecule has 9 heteroatoms. The van der Waals surface area contributed by atoms with Gasteiger partial charge in [-0.25, -0.2) is 4.98 Å². The largest absolute Gasteiger partial charge is 0.481 e. The standard InChI is InChI=1S/C11H13N3O5S/c1-19-9-8(14(17)18)10(13-6-12-9)20-5-11(2-3-11)4-7(15)16/h6H,2-5H2,1H3,(H,15,16). The maximum absolute atomic E-state index is 11.1. The molecule has 0 unspecified atom stereocenters. The molecule has 1 aliphatic carbocycles. The minimum atomic E-state index is -0.849. The lowest BCUT2D eigenvalue weighted by Gasteiger charge is -2.11. The van der Waals surface area contributed by atoms with Gasteiger partial charge < -0.3 is 9.84 Å². The number of aliphatic carboxylic acids is 1. The van der Waals surface area contributed by atoms with Gasteiger partial charge in [0.2, 0.25) is 0 Å². The highest BCUT2D eigenvalue weighted by Gasteiger charge is 2.45. The Balaban J connectivity index is 2.14. The second kappa shape index (κ2) is 5.61. The molecule has 1 saturated carbocycles. The minimum absolute atomic E-state index is 0.0794. The van der Waals surface area contributed by atoms with E-state index >= 15 is 0 Å². The van der Waals surface area contributed by atoms with Crippen molar-refractivity contribution in [2.24, 2.45) is 5.41 Å². The minimum Gasteiger partial charge on any atom is -0.481 e. The van der Waals surface area contributed by atoms with Gasteiger partial charge in [-0.1, -0.05) is 11.8 Å². The Hall–Kier alpha value is -1.90. The summed E-state index contributed by atoms with van der Waals surface area (Å²) in [6.07, 6.45) is 2.92. The Bertz CT molecular complexity index is 547. The van der Waals surface area contributed by atoms with Gasteiger partial charge in [0.1, 0.15) is 6.33 Å². The lowest BCUT2D eigenvalue weighted by atomic mass is 10.1. The highest BCUT2D eigenvalue weighted by atomic mass is 32.2. The molecule has 0 atom stereocenters. The lowest BCUT2D eigenvalue weighted by Crippen LogP contribution is -2.11. The molecule has 20 heavy (non-hydrogen) atoms. The van der Waals surface area contributed by atoms with Crippen molar-refractivity contribution in [1.82, 2.24) is 9.97 Å². The van der Waals surface area contributed by atoms with Crippen molar-refractivity contribution in [3.05, 3.63) is 16.4 Å². The number of carboxylic acids is 1. The van der Waals surface area contributed by atoms with Gasteiger partial charge in [-0.2, -0.15) is 4.98 Å². The van der Waals surface area contributed by atoms with E-state index in [0.29, 0.717) is 5.75 Å². The molecule has 1 fully saturated rings. The number of hydrogen-bond acceptors (Lipinski definition) is 7. The fourth-order valence-electron chi connectivity index (χ4n) is 1.85. The quantitative estimate of drug-likeness (QED) is 0.350. The number of nitrogens with zero attached hydrogens (tertiary/aromatic N) is 3. The zero-order valence-corrected chi connectivity index (χ0v) is 11.6. The van der Waals surface area contributed by atoms with Gasteiger partial charge in [0.15, 0.2) is 5.03 Å². The van der Waals surface area contributed by atoms with Crippen LogP contribution in [0.15, 0.2) is 11.4 Å². The number of hydrogen-bond donors (Lipinski definition) is 1. The van der Waals surface area contributed by atoms with Crippen LogP contribution in [0.25, 0.3) is 0 Å². The maximum Gasteiger partial charge on any atom is 0.362 e. The van der Waals surface area contributed by atoms with Crippen molar-refractivity contribution in [3.8, 4) is 5.88 Å². The molecule has 2 rings (SSSR count). The van der Waals surface area contributed by atoms with Gasteiger partial charge in [0, 0.05) is 5.75 Å². The van der Waals surface area contributed by atoms with Crippen LogP contribution in [0.2, 0.25) is 0 Å². The van der Waals surface area contributed by atoms with Crippen LogP contribution >= 0.6 is 11.8 Å². The van der Waals surface area contributed by atoms with Crippen LogP contribution in [0.1, 0.15) is 19.3 Å².